The van der Waals surface area contributed by atoms with E-state index in [-0.39, 0.29) is 24.3 Å². The summed E-state index contributed by atoms with van der Waals surface area (Å²) in [6, 6.07) is 15.0. The zero-order valence-electron chi connectivity index (χ0n) is 19.6. The summed E-state index contributed by atoms with van der Waals surface area (Å²) in [6.45, 7) is 4.10. The first kappa shape index (κ1) is 23.8. The van der Waals surface area contributed by atoms with E-state index in [4.69, 9.17) is 4.74 Å². The summed E-state index contributed by atoms with van der Waals surface area (Å²) in [5.74, 6) is -1.75. The van der Waals surface area contributed by atoms with Crippen molar-refractivity contribution in [3.8, 4) is 11.1 Å². The van der Waals surface area contributed by atoms with Crippen LogP contribution in [0.1, 0.15) is 56.6 Å². The maximum atomic E-state index is 13.0. The first-order valence-electron chi connectivity index (χ1n) is 12.0. The largest absolute Gasteiger partial charge is 0.481 e. The van der Waals surface area contributed by atoms with E-state index in [1.165, 1.54) is 0 Å². The van der Waals surface area contributed by atoms with Crippen molar-refractivity contribution in [2.75, 3.05) is 6.61 Å². The number of carboxylic acids is 1. The molecule has 0 spiro atoms. The second-order valence-electron chi connectivity index (χ2n) is 9.64. The Labute approximate surface area is 199 Å². The van der Waals surface area contributed by atoms with Crippen LogP contribution in [0.25, 0.3) is 11.1 Å². The van der Waals surface area contributed by atoms with Gasteiger partial charge in [0.1, 0.15) is 12.6 Å². The first-order valence-corrected chi connectivity index (χ1v) is 12.0. The number of hydrogen-bond donors (Lipinski definition) is 3. The summed E-state index contributed by atoms with van der Waals surface area (Å²) < 4.78 is 5.61. The number of nitrogens with one attached hydrogen (secondary N) is 2. The summed E-state index contributed by atoms with van der Waals surface area (Å²) in [4.78, 5) is 37.1. The Kier molecular flexibility index (Phi) is 7.20. The molecule has 0 saturated heterocycles. The molecule has 34 heavy (non-hydrogen) atoms. The highest BCUT2D eigenvalue weighted by atomic mass is 16.5. The highest BCUT2D eigenvalue weighted by Gasteiger charge is 2.36. The second kappa shape index (κ2) is 10.3. The predicted octanol–water partition coefficient (Wildman–Crippen LogP) is 4.31. The Bertz CT molecular complexity index is 1020. The van der Waals surface area contributed by atoms with Gasteiger partial charge in [-0.25, -0.2) is 4.79 Å². The van der Waals surface area contributed by atoms with Crippen molar-refractivity contribution < 1.29 is 24.2 Å². The molecule has 0 bridgehead atoms. The summed E-state index contributed by atoms with van der Waals surface area (Å²) in [6.07, 6.45) is 1.72. The normalized spacial score (nSPS) is 19.9. The first-order chi connectivity index (χ1) is 16.3. The van der Waals surface area contributed by atoms with Crippen molar-refractivity contribution in [2.24, 2.45) is 11.8 Å². The zero-order valence-corrected chi connectivity index (χ0v) is 19.6. The van der Waals surface area contributed by atoms with E-state index in [0.717, 1.165) is 28.7 Å². The third-order valence-electron chi connectivity index (χ3n) is 6.82. The van der Waals surface area contributed by atoms with E-state index < -0.39 is 30.1 Å². The van der Waals surface area contributed by atoms with Gasteiger partial charge in [-0.05, 0) is 47.4 Å². The fraction of sp³-hybridized carbons (Fsp3) is 0.444. The molecule has 1 fully saturated rings. The number of fused-ring (bicyclic) bond motifs is 3. The van der Waals surface area contributed by atoms with Crippen LogP contribution in [-0.2, 0) is 14.3 Å². The highest BCUT2D eigenvalue weighted by molar-refractivity contribution is 5.86. The molecule has 0 aliphatic heterocycles. The van der Waals surface area contributed by atoms with E-state index in [0.29, 0.717) is 19.3 Å². The summed E-state index contributed by atoms with van der Waals surface area (Å²) in [5, 5.41) is 15.0. The smallest absolute Gasteiger partial charge is 0.407 e. The number of carbonyl (C=O) groups is 3. The van der Waals surface area contributed by atoms with Gasteiger partial charge in [-0.3, -0.25) is 9.59 Å². The lowest BCUT2D eigenvalue weighted by Gasteiger charge is -2.24. The average Bonchev–Trinajstić information content (AvgIpc) is 3.39. The second-order valence-corrected chi connectivity index (χ2v) is 9.64. The van der Waals surface area contributed by atoms with Crippen molar-refractivity contribution in [2.45, 2.75) is 57.5 Å². The quantitative estimate of drug-likeness (QED) is 0.540. The monoisotopic (exact) mass is 464 g/mol. The summed E-state index contributed by atoms with van der Waals surface area (Å²) in [7, 11) is 0. The Hall–Kier alpha value is -3.35. The van der Waals surface area contributed by atoms with Crippen molar-refractivity contribution in [1.29, 1.82) is 0 Å². The molecule has 7 heteroatoms. The van der Waals surface area contributed by atoms with Crippen molar-refractivity contribution in [3.63, 3.8) is 0 Å². The molecule has 2 unspecified atom stereocenters. The Morgan fingerprint density at radius 3 is 2.21 bits per heavy atom. The number of rotatable bonds is 8. The lowest BCUT2D eigenvalue weighted by atomic mass is 9.98. The highest BCUT2D eigenvalue weighted by Crippen LogP contribution is 2.44. The van der Waals surface area contributed by atoms with Crippen LogP contribution in [0.15, 0.2) is 48.5 Å². The van der Waals surface area contributed by atoms with Crippen molar-refractivity contribution in [3.05, 3.63) is 59.7 Å². The average molecular weight is 465 g/mol. The summed E-state index contributed by atoms with van der Waals surface area (Å²) >= 11 is 0. The molecule has 2 amide bonds. The van der Waals surface area contributed by atoms with Crippen LogP contribution in [0.3, 0.4) is 0 Å². The maximum Gasteiger partial charge on any atom is 0.407 e. The molecular weight excluding hydrogens is 432 g/mol. The van der Waals surface area contributed by atoms with Gasteiger partial charge < -0.3 is 20.5 Å². The van der Waals surface area contributed by atoms with Crippen molar-refractivity contribution >= 4 is 18.0 Å². The molecule has 3 N–H and O–H groups in total. The van der Waals surface area contributed by atoms with Crippen LogP contribution in [0, 0.1) is 11.8 Å². The van der Waals surface area contributed by atoms with Gasteiger partial charge in [0.2, 0.25) is 5.91 Å². The molecule has 0 radical (unpaired) electrons. The van der Waals surface area contributed by atoms with Crippen LogP contribution in [0.4, 0.5) is 4.79 Å². The predicted molar refractivity (Wildman–Crippen MR) is 128 cm³/mol. The van der Waals surface area contributed by atoms with Gasteiger partial charge in [0.25, 0.3) is 0 Å². The Morgan fingerprint density at radius 1 is 1.00 bits per heavy atom. The number of carboxylic acid groups (broad SMARTS) is 1. The Morgan fingerprint density at radius 2 is 1.62 bits per heavy atom. The molecule has 2 aromatic rings. The van der Waals surface area contributed by atoms with Gasteiger partial charge in [-0.1, -0.05) is 68.8 Å². The fourth-order valence-electron chi connectivity index (χ4n) is 5.20. The van der Waals surface area contributed by atoms with E-state index in [9.17, 15) is 19.5 Å². The van der Waals surface area contributed by atoms with Crippen LogP contribution in [-0.4, -0.2) is 41.8 Å². The third-order valence-corrected chi connectivity index (χ3v) is 6.82. The molecule has 3 atom stereocenters. The number of ether oxygens (including phenoxy) is 1. The molecule has 2 aliphatic carbocycles. The fourth-order valence-corrected chi connectivity index (χ4v) is 5.20. The standard InChI is InChI=1S/C27H32N2O5/c1-16(2)14-24(25(30)28-23-13-7-12-21(23)26(31)32)29-27(33)34-15-22-19-10-5-3-8-17(19)18-9-4-6-11-20(18)22/h3-6,8-11,16,21-24H,7,12-15H2,1-2H3,(H,28,30)(H,29,33)(H,31,32)/t21?,23?,24-/m0/s1. The number of alkyl carbamates (subject to hydrolysis) is 1. The number of hydrogen-bond acceptors (Lipinski definition) is 4. The molecule has 0 aromatic heterocycles. The van der Waals surface area contributed by atoms with Crippen LogP contribution < -0.4 is 10.6 Å². The van der Waals surface area contributed by atoms with Crippen LogP contribution >= 0.6 is 0 Å². The molecule has 0 heterocycles. The molecule has 180 valence electrons. The van der Waals surface area contributed by atoms with E-state index in [1.54, 1.807) is 0 Å². The van der Waals surface area contributed by atoms with Gasteiger partial charge in [0, 0.05) is 12.0 Å². The van der Waals surface area contributed by atoms with Gasteiger partial charge in [-0.15, -0.1) is 0 Å². The van der Waals surface area contributed by atoms with E-state index >= 15 is 0 Å². The van der Waals surface area contributed by atoms with Gasteiger partial charge in [-0.2, -0.15) is 0 Å². The molecular formula is C27H32N2O5. The number of amides is 2. The van der Waals surface area contributed by atoms with Gasteiger partial charge in [0.15, 0.2) is 0 Å². The lowest BCUT2D eigenvalue weighted by Crippen LogP contribution is -2.51. The molecule has 4 rings (SSSR count). The molecule has 2 aliphatic rings. The third kappa shape index (κ3) is 5.08. The number of carbonyl (C=O) groups excluding carboxylic acids is 2. The topological polar surface area (TPSA) is 105 Å². The van der Waals surface area contributed by atoms with Crippen LogP contribution in [0.5, 0.6) is 0 Å². The minimum atomic E-state index is -0.896. The van der Waals surface area contributed by atoms with Crippen molar-refractivity contribution in [1.82, 2.24) is 10.6 Å². The van der Waals surface area contributed by atoms with E-state index in [1.807, 2.05) is 38.1 Å². The lowest BCUT2D eigenvalue weighted by molar-refractivity contribution is -0.142. The minimum absolute atomic E-state index is 0.0645. The summed E-state index contributed by atoms with van der Waals surface area (Å²) in [5.41, 5.74) is 4.53. The molecule has 2 aromatic carbocycles. The minimum Gasteiger partial charge on any atom is -0.481 e. The Balaban J connectivity index is 1.40. The molecule has 1 saturated carbocycles. The SMILES string of the molecule is CC(C)C[C@H](NC(=O)OCC1c2ccccc2-c2ccccc21)C(=O)NC1CCCC1C(=O)O. The zero-order chi connectivity index (χ0) is 24.2. The molecule has 7 nitrogen and oxygen atoms in total. The van der Waals surface area contributed by atoms with Gasteiger partial charge >= 0.3 is 12.1 Å². The number of aliphatic carboxylic acids is 1. The van der Waals surface area contributed by atoms with Crippen LogP contribution in [0.2, 0.25) is 0 Å². The maximum absolute atomic E-state index is 13.0. The van der Waals surface area contributed by atoms with E-state index in [2.05, 4.69) is 34.9 Å². The number of benzene rings is 2. The van der Waals surface area contributed by atoms with Gasteiger partial charge in [0.05, 0.1) is 5.92 Å².